The summed E-state index contributed by atoms with van der Waals surface area (Å²) in [5, 5.41) is 2.75. The third-order valence-electron chi connectivity index (χ3n) is 1.50. The first-order chi connectivity index (χ1) is 5.49. The normalized spacial score (nSPS) is 12.2. The van der Waals surface area contributed by atoms with Crippen LogP contribution in [0.1, 0.15) is 13.3 Å². The molecule has 0 saturated heterocycles. The van der Waals surface area contributed by atoms with Crippen molar-refractivity contribution in [3.63, 3.8) is 0 Å². The Morgan fingerprint density at radius 2 is 2.08 bits per heavy atom. The van der Waals surface area contributed by atoms with Gasteiger partial charge in [0.1, 0.15) is 0 Å². The Morgan fingerprint density at radius 1 is 1.58 bits per heavy atom. The van der Waals surface area contributed by atoms with E-state index in [-0.39, 0.29) is 12.2 Å². The molecular formula is C8H14N2O2. The molecule has 4 heteroatoms. The third-order valence-corrected chi connectivity index (χ3v) is 1.50. The predicted octanol–water partition coefficient (Wildman–Crippen LogP) is -0.405. The van der Waals surface area contributed by atoms with E-state index in [1.165, 1.54) is 6.92 Å². The number of amides is 1. The van der Waals surface area contributed by atoms with E-state index in [2.05, 4.69) is 11.9 Å². The van der Waals surface area contributed by atoms with Gasteiger partial charge in [0.25, 0.3) is 0 Å². The highest BCUT2D eigenvalue weighted by molar-refractivity contribution is 5.87. The first-order valence-electron chi connectivity index (χ1n) is 3.62. The zero-order valence-electron chi connectivity index (χ0n) is 7.39. The number of Topliss-reactive ketones (excluding diaryl/α,β-unsaturated/α-hetero) is 1. The molecule has 0 radical (unpaired) electrons. The van der Waals surface area contributed by atoms with Crippen LogP contribution in [0.5, 0.6) is 0 Å². The van der Waals surface area contributed by atoms with Crippen molar-refractivity contribution in [3.8, 4) is 0 Å². The van der Waals surface area contributed by atoms with Gasteiger partial charge in [0.15, 0.2) is 5.78 Å². The lowest BCUT2D eigenvalue weighted by atomic mass is 10.0. The topological polar surface area (TPSA) is 72.2 Å². The van der Waals surface area contributed by atoms with Crippen LogP contribution in [-0.2, 0) is 9.59 Å². The average Bonchev–Trinajstić information content (AvgIpc) is 1.85. The number of primary amides is 1. The van der Waals surface area contributed by atoms with Crippen LogP contribution in [0.25, 0.3) is 0 Å². The summed E-state index contributed by atoms with van der Waals surface area (Å²) in [6.45, 7) is 5.04. The Morgan fingerprint density at radius 3 is 2.33 bits per heavy atom. The molecule has 0 fully saturated rings. The van der Waals surface area contributed by atoms with E-state index in [0.29, 0.717) is 5.57 Å². The quantitative estimate of drug-likeness (QED) is 0.551. The maximum absolute atomic E-state index is 10.9. The van der Waals surface area contributed by atoms with E-state index in [1.807, 2.05) is 0 Å². The second-order valence-electron chi connectivity index (χ2n) is 2.63. The Bertz CT molecular complexity index is 211. The van der Waals surface area contributed by atoms with Gasteiger partial charge in [0.2, 0.25) is 5.91 Å². The number of ketones is 1. The minimum absolute atomic E-state index is 0.0467. The highest BCUT2D eigenvalue weighted by Gasteiger charge is 2.16. The summed E-state index contributed by atoms with van der Waals surface area (Å²) in [6.07, 6.45) is 0.0467. The fourth-order valence-electron chi connectivity index (χ4n) is 1.02. The van der Waals surface area contributed by atoms with Crippen molar-refractivity contribution < 1.29 is 9.59 Å². The van der Waals surface area contributed by atoms with E-state index in [1.54, 1.807) is 7.05 Å². The van der Waals surface area contributed by atoms with Crippen LogP contribution in [0.3, 0.4) is 0 Å². The number of hydrogen-bond acceptors (Lipinski definition) is 3. The van der Waals surface area contributed by atoms with Gasteiger partial charge in [-0.25, -0.2) is 0 Å². The van der Waals surface area contributed by atoms with Crippen molar-refractivity contribution in [3.05, 3.63) is 12.2 Å². The zero-order chi connectivity index (χ0) is 9.72. The number of nitrogens with two attached hydrogens (primary N) is 1. The molecule has 0 heterocycles. The molecule has 0 bridgehead atoms. The maximum Gasteiger partial charge on any atom is 0.221 e. The number of carbonyl (C=O) groups is 2. The summed E-state index contributed by atoms with van der Waals surface area (Å²) < 4.78 is 0. The fraction of sp³-hybridized carbons (Fsp3) is 0.500. The molecule has 68 valence electrons. The molecule has 0 aliphatic carbocycles. The van der Waals surface area contributed by atoms with Crippen LogP contribution < -0.4 is 11.1 Å². The van der Waals surface area contributed by atoms with Gasteiger partial charge in [-0.1, -0.05) is 6.58 Å². The molecule has 0 aromatic carbocycles. The summed E-state index contributed by atoms with van der Waals surface area (Å²) in [6, 6.07) is -0.461. The van der Waals surface area contributed by atoms with Crippen molar-refractivity contribution >= 4 is 11.7 Å². The second kappa shape index (κ2) is 4.66. The molecule has 0 aliphatic rings. The molecule has 0 spiro atoms. The molecule has 0 aromatic rings. The minimum Gasteiger partial charge on any atom is -0.369 e. The molecule has 0 saturated carbocycles. The van der Waals surface area contributed by atoms with Crippen LogP contribution in [0.4, 0.5) is 0 Å². The average molecular weight is 170 g/mol. The predicted molar refractivity (Wildman–Crippen MR) is 46.5 cm³/mol. The van der Waals surface area contributed by atoms with Crippen LogP contribution in [0, 0.1) is 0 Å². The molecule has 12 heavy (non-hydrogen) atoms. The molecule has 1 amide bonds. The smallest absolute Gasteiger partial charge is 0.221 e. The first-order valence-corrected chi connectivity index (χ1v) is 3.62. The van der Waals surface area contributed by atoms with Gasteiger partial charge in [-0.15, -0.1) is 0 Å². The molecule has 1 atom stereocenters. The van der Waals surface area contributed by atoms with E-state index in [0.717, 1.165) is 0 Å². The van der Waals surface area contributed by atoms with E-state index in [4.69, 9.17) is 5.73 Å². The minimum atomic E-state index is -0.471. The Kier molecular flexibility index (Phi) is 4.21. The summed E-state index contributed by atoms with van der Waals surface area (Å²) >= 11 is 0. The van der Waals surface area contributed by atoms with Gasteiger partial charge in [-0.05, 0) is 19.5 Å². The molecule has 3 N–H and O–H groups in total. The Labute approximate surface area is 71.8 Å². The maximum atomic E-state index is 10.9. The summed E-state index contributed by atoms with van der Waals surface area (Å²) in [4.78, 5) is 21.4. The van der Waals surface area contributed by atoms with Crippen molar-refractivity contribution in [1.82, 2.24) is 5.32 Å². The number of likely N-dealkylation sites (N-methyl/N-ethyl adjacent to an activating group) is 1. The van der Waals surface area contributed by atoms with Crippen LogP contribution in [0.15, 0.2) is 12.2 Å². The van der Waals surface area contributed by atoms with Gasteiger partial charge in [0, 0.05) is 6.42 Å². The lowest BCUT2D eigenvalue weighted by molar-refractivity contribution is -0.118. The number of carbonyl (C=O) groups excluding carboxylic acids is 2. The fourth-order valence-corrected chi connectivity index (χ4v) is 1.02. The summed E-state index contributed by atoms with van der Waals surface area (Å²) in [5.41, 5.74) is 5.46. The summed E-state index contributed by atoms with van der Waals surface area (Å²) in [7, 11) is 1.64. The Hall–Kier alpha value is -1.16. The van der Waals surface area contributed by atoms with Gasteiger partial charge in [-0.3, -0.25) is 9.59 Å². The molecule has 0 unspecified atom stereocenters. The SMILES string of the molecule is C=C(CC(N)=O)[C@H](NC)C(C)=O. The molecule has 0 aliphatic heterocycles. The van der Waals surface area contributed by atoms with Gasteiger partial charge < -0.3 is 11.1 Å². The highest BCUT2D eigenvalue weighted by atomic mass is 16.1. The first kappa shape index (κ1) is 10.8. The number of rotatable bonds is 5. The van der Waals surface area contributed by atoms with Crippen molar-refractivity contribution in [1.29, 1.82) is 0 Å². The van der Waals surface area contributed by atoms with Crippen LogP contribution in [-0.4, -0.2) is 24.8 Å². The molecular weight excluding hydrogens is 156 g/mol. The van der Waals surface area contributed by atoms with Crippen molar-refractivity contribution in [2.75, 3.05) is 7.05 Å². The monoisotopic (exact) mass is 170 g/mol. The van der Waals surface area contributed by atoms with E-state index < -0.39 is 11.9 Å². The van der Waals surface area contributed by atoms with Crippen molar-refractivity contribution in [2.45, 2.75) is 19.4 Å². The zero-order valence-corrected chi connectivity index (χ0v) is 7.39. The lowest BCUT2D eigenvalue weighted by Crippen LogP contribution is -2.35. The van der Waals surface area contributed by atoms with Crippen LogP contribution >= 0.6 is 0 Å². The molecule has 0 rings (SSSR count). The van der Waals surface area contributed by atoms with E-state index >= 15 is 0 Å². The third kappa shape index (κ3) is 3.30. The Balaban J connectivity index is 4.22. The molecule has 4 nitrogen and oxygen atoms in total. The number of hydrogen-bond donors (Lipinski definition) is 2. The van der Waals surface area contributed by atoms with E-state index in [9.17, 15) is 9.59 Å². The summed E-state index contributed by atoms with van der Waals surface area (Å²) in [5.74, 6) is -0.537. The standard InChI is InChI=1S/C8H14N2O2/c1-5(4-7(9)12)8(10-3)6(2)11/h8,10H,1,4H2,2-3H3,(H2,9,12)/t8-/m0/s1. The van der Waals surface area contributed by atoms with Gasteiger partial charge >= 0.3 is 0 Å². The van der Waals surface area contributed by atoms with Gasteiger partial charge in [0.05, 0.1) is 6.04 Å². The largest absolute Gasteiger partial charge is 0.369 e. The lowest BCUT2D eigenvalue weighted by Gasteiger charge is -2.13. The van der Waals surface area contributed by atoms with Crippen molar-refractivity contribution in [2.24, 2.45) is 5.73 Å². The van der Waals surface area contributed by atoms with Gasteiger partial charge in [-0.2, -0.15) is 0 Å². The second-order valence-corrected chi connectivity index (χ2v) is 2.63. The molecule has 0 aromatic heterocycles. The highest BCUT2D eigenvalue weighted by Crippen LogP contribution is 2.04. The van der Waals surface area contributed by atoms with Crippen LogP contribution in [0.2, 0.25) is 0 Å². The number of nitrogens with one attached hydrogen (secondary N) is 1.